The van der Waals surface area contributed by atoms with E-state index in [0.717, 1.165) is 31.7 Å². The number of halogens is 2. The fraction of sp³-hybridized carbons (Fsp3) is 0.333. The van der Waals surface area contributed by atoms with Gasteiger partial charge in [-0.15, -0.1) is 0 Å². The molecular weight excluding hydrogens is 397 g/mol. The van der Waals surface area contributed by atoms with Crippen molar-refractivity contribution in [1.82, 2.24) is 15.4 Å². The second-order valence-electron chi connectivity index (χ2n) is 7.04. The lowest BCUT2D eigenvalue weighted by atomic mass is 10.0. The van der Waals surface area contributed by atoms with Crippen LogP contribution in [0.4, 0.5) is 4.39 Å². The molecule has 0 unspecified atom stereocenters. The van der Waals surface area contributed by atoms with E-state index in [1.807, 2.05) is 12.1 Å². The first-order valence-electron chi connectivity index (χ1n) is 9.52. The van der Waals surface area contributed by atoms with Gasteiger partial charge in [-0.1, -0.05) is 22.8 Å². The van der Waals surface area contributed by atoms with Gasteiger partial charge in [0.2, 0.25) is 0 Å². The Morgan fingerprint density at radius 1 is 1.31 bits per heavy atom. The molecular formula is C21H21ClFN3O3. The second kappa shape index (κ2) is 8.39. The zero-order chi connectivity index (χ0) is 20.4. The molecule has 8 heteroatoms. The van der Waals surface area contributed by atoms with Crippen LogP contribution in [0.25, 0.3) is 11.3 Å². The van der Waals surface area contributed by atoms with E-state index in [9.17, 15) is 9.18 Å². The standard InChI is InChI=1S/C21H21ClFN3O3/c1-13-18(20(25-29-13)19-14(22)6-4-7-15(19)23)21(27)24-12-16(17-8-5-11-28-17)26-9-2-3-10-26/h4-8,11,16H,2-3,9-10,12H2,1H3,(H,24,27)/t16-/m1/s1. The number of nitrogens with zero attached hydrogens (tertiary/aromatic N) is 2. The molecule has 1 fully saturated rings. The van der Waals surface area contributed by atoms with E-state index >= 15 is 0 Å². The first-order chi connectivity index (χ1) is 14.1. The van der Waals surface area contributed by atoms with Crippen molar-refractivity contribution in [3.8, 4) is 11.3 Å². The van der Waals surface area contributed by atoms with Crippen LogP contribution in [-0.4, -0.2) is 35.6 Å². The van der Waals surface area contributed by atoms with Crippen LogP contribution in [-0.2, 0) is 0 Å². The van der Waals surface area contributed by atoms with Crippen molar-refractivity contribution in [3.63, 3.8) is 0 Å². The molecule has 3 aromatic rings. The maximum atomic E-state index is 14.4. The molecule has 1 atom stereocenters. The van der Waals surface area contributed by atoms with Crippen molar-refractivity contribution in [3.05, 3.63) is 64.5 Å². The van der Waals surface area contributed by atoms with Gasteiger partial charge >= 0.3 is 0 Å². The molecule has 0 aliphatic carbocycles. The predicted octanol–water partition coefficient (Wildman–Crippen LogP) is 4.60. The minimum absolute atomic E-state index is 0.0540. The topological polar surface area (TPSA) is 71.5 Å². The minimum atomic E-state index is -0.564. The van der Waals surface area contributed by atoms with Gasteiger partial charge in [-0.2, -0.15) is 0 Å². The molecule has 0 spiro atoms. The average Bonchev–Trinajstić information content (AvgIpc) is 3.44. The van der Waals surface area contributed by atoms with Crippen molar-refractivity contribution in [1.29, 1.82) is 0 Å². The lowest BCUT2D eigenvalue weighted by molar-refractivity contribution is 0.0933. The molecule has 4 rings (SSSR count). The Hall–Kier alpha value is -2.64. The number of furan rings is 1. The number of aromatic nitrogens is 1. The summed E-state index contributed by atoms with van der Waals surface area (Å²) in [5.74, 6) is 0.137. The highest BCUT2D eigenvalue weighted by molar-refractivity contribution is 6.33. The van der Waals surface area contributed by atoms with Crippen LogP contribution in [0.5, 0.6) is 0 Å². The third kappa shape index (κ3) is 3.93. The summed E-state index contributed by atoms with van der Waals surface area (Å²) in [6, 6.07) is 7.99. The quantitative estimate of drug-likeness (QED) is 0.634. The Balaban J connectivity index is 1.58. The van der Waals surface area contributed by atoms with Gasteiger partial charge in [-0.25, -0.2) is 4.39 Å². The van der Waals surface area contributed by atoms with Gasteiger partial charge in [0.25, 0.3) is 5.91 Å². The number of hydrogen-bond donors (Lipinski definition) is 1. The molecule has 1 aliphatic heterocycles. The number of amides is 1. The van der Waals surface area contributed by atoms with Crippen molar-refractivity contribution in [2.24, 2.45) is 0 Å². The molecule has 0 radical (unpaired) electrons. The van der Waals surface area contributed by atoms with Crippen LogP contribution in [0.1, 0.15) is 40.8 Å². The third-order valence-electron chi connectivity index (χ3n) is 5.20. The molecule has 0 saturated carbocycles. The number of rotatable bonds is 6. The largest absolute Gasteiger partial charge is 0.468 e. The molecule has 6 nitrogen and oxygen atoms in total. The molecule has 0 bridgehead atoms. The van der Waals surface area contributed by atoms with Crippen LogP contribution in [0.3, 0.4) is 0 Å². The molecule has 152 valence electrons. The summed E-state index contributed by atoms with van der Waals surface area (Å²) in [6.07, 6.45) is 3.86. The van der Waals surface area contributed by atoms with E-state index < -0.39 is 11.7 Å². The van der Waals surface area contributed by atoms with E-state index in [0.29, 0.717) is 12.3 Å². The Bertz CT molecular complexity index is 977. The van der Waals surface area contributed by atoms with Gasteiger partial charge in [0, 0.05) is 6.54 Å². The molecule has 1 N–H and O–H groups in total. The van der Waals surface area contributed by atoms with Gasteiger partial charge in [-0.05, 0) is 57.1 Å². The number of benzene rings is 1. The lowest BCUT2D eigenvalue weighted by Crippen LogP contribution is -2.36. The van der Waals surface area contributed by atoms with E-state index in [4.69, 9.17) is 20.5 Å². The Morgan fingerprint density at radius 3 is 2.79 bits per heavy atom. The number of hydrogen-bond acceptors (Lipinski definition) is 5. The average molecular weight is 418 g/mol. The predicted molar refractivity (Wildman–Crippen MR) is 106 cm³/mol. The summed E-state index contributed by atoms with van der Waals surface area (Å²) in [4.78, 5) is 15.3. The number of aryl methyl sites for hydroxylation is 1. The van der Waals surface area contributed by atoms with E-state index in [1.165, 1.54) is 12.1 Å². The zero-order valence-electron chi connectivity index (χ0n) is 16.0. The highest BCUT2D eigenvalue weighted by Gasteiger charge is 2.29. The summed E-state index contributed by atoms with van der Waals surface area (Å²) in [7, 11) is 0. The third-order valence-corrected chi connectivity index (χ3v) is 5.51. The van der Waals surface area contributed by atoms with Crippen LogP contribution < -0.4 is 5.32 Å². The van der Waals surface area contributed by atoms with Crippen LogP contribution in [0.2, 0.25) is 5.02 Å². The summed E-state index contributed by atoms with van der Waals surface area (Å²) in [6.45, 7) is 3.86. The number of carbonyl (C=O) groups is 1. The molecule has 1 aromatic carbocycles. The van der Waals surface area contributed by atoms with Gasteiger partial charge in [0.05, 0.1) is 22.9 Å². The molecule has 3 heterocycles. The monoisotopic (exact) mass is 417 g/mol. The van der Waals surface area contributed by atoms with Crippen molar-refractivity contribution in [2.75, 3.05) is 19.6 Å². The van der Waals surface area contributed by atoms with Crippen molar-refractivity contribution in [2.45, 2.75) is 25.8 Å². The maximum absolute atomic E-state index is 14.4. The fourth-order valence-electron chi connectivity index (χ4n) is 3.76. The normalized spacial score (nSPS) is 15.6. The minimum Gasteiger partial charge on any atom is -0.468 e. The number of carbonyl (C=O) groups excluding carboxylic acids is 1. The van der Waals surface area contributed by atoms with Crippen LogP contribution in [0.15, 0.2) is 45.5 Å². The molecule has 1 amide bonds. The smallest absolute Gasteiger partial charge is 0.257 e. The molecule has 1 aliphatic rings. The summed E-state index contributed by atoms with van der Waals surface area (Å²) >= 11 is 6.16. The lowest BCUT2D eigenvalue weighted by Gasteiger charge is -2.26. The Kier molecular flexibility index (Phi) is 5.69. The van der Waals surface area contributed by atoms with Crippen molar-refractivity contribution >= 4 is 17.5 Å². The second-order valence-corrected chi connectivity index (χ2v) is 7.45. The van der Waals surface area contributed by atoms with Crippen LogP contribution >= 0.6 is 11.6 Å². The first-order valence-corrected chi connectivity index (χ1v) is 9.90. The molecule has 29 heavy (non-hydrogen) atoms. The number of likely N-dealkylation sites (tertiary alicyclic amines) is 1. The highest BCUT2D eigenvalue weighted by atomic mass is 35.5. The van der Waals surface area contributed by atoms with Gasteiger partial charge < -0.3 is 14.3 Å². The highest BCUT2D eigenvalue weighted by Crippen LogP contribution is 2.33. The van der Waals surface area contributed by atoms with E-state index in [-0.39, 0.29) is 27.9 Å². The maximum Gasteiger partial charge on any atom is 0.257 e. The van der Waals surface area contributed by atoms with Crippen LogP contribution in [0, 0.1) is 12.7 Å². The van der Waals surface area contributed by atoms with Gasteiger partial charge in [0.15, 0.2) is 0 Å². The Labute approximate surface area is 172 Å². The summed E-state index contributed by atoms with van der Waals surface area (Å²) in [5.41, 5.74) is 0.328. The molecule has 1 saturated heterocycles. The Morgan fingerprint density at radius 2 is 2.10 bits per heavy atom. The summed E-state index contributed by atoms with van der Waals surface area (Å²) in [5, 5.41) is 6.99. The summed E-state index contributed by atoms with van der Waals surface area (Å²) < 4.78 is 25.2. The zero-order valence-corrected chi connectivity index (χ0v) is 16.7. The fourth-order valence-corrected chi connectivity index (χ4v) is 4.01. The van der Waals surface area contributed by atoms with E-state index in [1.54, 1.807) is 19.3 Å². The van der Waals surface area contributed by atoms with Gasteiger partial charge in [0.1, 0.15) is 28.6 Å². The van der Waals surface area contributed by atoms with E-state index in [2.05, 4.69) is 15.4 Å². The molecule has 2 aromatic heterocycles. The van der Waals surface area contributed by atoms with Crippen molar-refractivity contribution < 1.29 is 18.1 Å². The number of nitrogens with one attached hydrogen (secondary N) is 1. The first kappa shape index (κ1) is 19.7. The SMILES string of the molecule is Cc1onc(-c2c(F)cccc2Cl)c1C(=O)NC[C@H](c1ccco1)N1CCCC1. The van der Waals surface area contributed by atoms with Gasteiger partial charge in [-0.3, -0.25) is 9.69 Å².